The molecule has 0 fully saturated rings. The quantitative estimate of drug-likeness (QED) is 0.153. The molecular weight excluding hydrogens is 646 g/mol. The SMILES string of the molecule is C.CC.CC.CC(F)(F)P(=O)(O)O.CC1(C(F)(F)F)N=N1.CN[C@@H](Cc1ccccc1)C(C)=O.CN[C@@H](Cc1ccccc1)C(C)=O. The summed E-state index contributed by atoms with van der Waals surface area (Å²) in [7, 11) is -1.55. The summed E-state index contributed by atoms with van der Waals surface area (Å²) in [5.41, 5.74) is -3.57. The molecule has 9 nitrogen and oxygen atoms in total. The van der Waals surface area contributed by atoms with Gasteiger partial charge < -0.3 is 20.4 Å². The minimum Gasteiger partial charge on any atom is -0.320 e. The van der Waals surface area contributed by atoms with Crippen molar-refractivity contribution in [3.63, 3.8) is 0 Å². The fraction of sp³-hybridized carbons (Fsp3) is 0.562. The molecule has 0 aromatic heterocycles. The Labute approximate surface area is 277 Å². The average Bonchev–Trinajstić information content (AvgIpc) is 3.76. The van der Waals surface area contributed by atoms with E-state index in [0.29, 0.717) is 0 Å². The largest absolute Gasteiger partial charge is 0.437 e. The molecular formula is C32H54F5N4O5P. The summed E-state index contributed by atoms with van der Waals surface area (Å²) in [5, 5.41) is 11.6. The molecule has 1 aliphatic heterocycles. The second kappa shape index (κ2) is 25.2. The molecule has 0 aliphatic carbocycles. The Morgan fingerprint density at radius 2 is 1.02 bits per heavy atom. The minimum absolute atomic E-state index is 0. The van der Waals surface area contributed by atoms with Crippen LogP contribution in [0.1, 0.15) is 73.9 Å². The Balaban J connectivity index is -0.000000257. The second-order valence-corrected chi connectivity index (χ2v) is 11.3. The molecule has 1 heterocycles. The molecule has 2 aromatic carbocycles. The van der Waals surface area contributed by atoms with Crippen LogP contribution in [-0.4, -0.2) is 65.0 Å². The second-order valence-electron chi connectivity index (χ2n) is 9.39. The molecule has 1 aliphatic rings. The van der Waals surface area contributed by atoms with Crippen LogP contribution in [0.3, 0.4) is 0 Å². The van der Waals surface area contributed by atoms with E-state index in [-0.39, 0.29) is 38.0 Å². The summed E-state index contributed by atoms with van der Waals surface area (Å²) in [4.78, 5) is 37.7. The summed E-state index contributed by atoms with van der Waals surface area (Å²) in [6.07, 6.45) is -2.74. The number of Topliss-reactive ketones (excluding diaryl/α,β-unsaturated/α-hetero) is 2. The minimum atomic E-state index is -5.18. The van der Waals surface area contributed by atoms with Crippen molar-refractivity contribution in [2.45, 2.75) is 105 Å². The number of nitrogens with one attached hydrogen (secondary N) is 2. The number of hydrogen-bond donors (Lipinski definition) is 4. The highest BCUT2D eigenvalue weighted by Crippen LogP contribution is 2.52. The van der Waals surface area contributed by atoms with Gasteiger partial charge in [-0.05, 0) is 58.8 Å². The van der Waals surface area contributed by atoms with Gasteiger partial charge in [-0.15, -0.1) is 10.2 Å². The van der Waals surface area contributed by atoms with Crippen molar-refractivity contribution >= 4 is 19.2 Å². The summed E-state index contributed by atoms with van der Waals surface area (Å²) < 4.78 is 66.8. The zero-order valence-corrected chi connectivity index (χ0v) is 29.1. The van der Waals surface area contributed by atoms with Crippen LogP contribution >= 0.6 is 7.60 Å². The lowest BCUT2D eigenvalue weighted by atomic mass is 10.0. The van der Waals surface area contributed by atoms with Crippen LogP contribution in [-0.2, 0) is 27.0 Å². The van der Waals surface area contributed by atoms with E-state index >= 15 is 0 Å². The lowest BCUT2D eigenvalue weighted by molar-refractivity contribution is -0.158. The molecule has 4 N–H and O–H groups in total. The first-order chi connectivity index (χ1) is 21.2. The third-order valence-corrected chi connectivity index (χ3v) is 6.72. The molecule has 47 heavy (non-hydrogen) atoms. The zero-order valence-electron chi connectivity index (χ0n) is 28.2. The van der Waals surface area contributed by atoms with E-state index in [4.69, 9.17) is 9.79 Å². The standard InChI is InChI=1S/2C11H15NO.C3H3F3N2.C2H5F2O3P.2C2H6.CH4/c2*1-9(13)11(12-2)8-10-6-4-3-5-7-10;1-2(7-8-2)3(4,5)6;1-2(3,4)8(5,6)7;2*1-2;/h2*3-7,11-12H,8H2,1-2H3;1H3;1H3,(H2,5,6,7);2*1-2H3;1H4/t2*11-;;;;;/m00...../s1. The van der Waals surface area contributed by atoms with Gasteiger partial charge in [-0.25, -0.2) is 0 Å². The van der Waals surface area contributed by atoms with E-state index in [1.807, 2.05) is 102 Å². The molecule has 0 bridgehead atoms. The molecule has 0 unspecified atom stereocenters. The lowest BCUT2D eigenvalue weighted by Gasteiger charge is -2.11. The van der Waals surface area contributed by atoms with Gasteiger partial charge in [-0.1, -0.05) is 95.8 Å². The number of hydrogen-bond acceptors (Lipinski definition) is 7. The van der Waals surface area contributed by atoms with Crippen molar-refractivity contribution in [2.24, 2.45) is 10.2 Å². The highest BCUT2D eigenvalue weighted by molar-refractivity contribution is 7.53. The number of nitrogens with zero attached hydrogens (tertiary/aromatic N) is 2. The summed E-state index contributed by atoms with van der Waals surface area (Å²) in [6, 6.07) is 19.9. The normalized spacial score (nSPS) is 13.6. The number of ketones is 2. The lowest BCUT2D eigenvalue weighted by Crippen LogP contribution is -2.34. The Hall–Kier alpha value is -2.90. The topological polar surface area (TPSA) is 140 Å². The Bertz CT molecular complexity index is 1110. The fourth-order valence-corrected chi connectivity index (χ4v) is 2.79. The van der Waals surface area contributed by atoms with Gasteiger partial charge in [0.05, 0.1) is 12.1 Å². The van der Waals surface area contributed by atoms with Gasteiger partial charge in [0.25, 0.3) is 5.66 Å². The third kappa shape index (κ3) is 23.1. The molecule has 0 spiro atoms. The van der Waals surface area contributed by atoms with Gasteiger partial charge in [-0.2, -0.15) is 22.0 Å². The third-order valence-electron chi connectivity index (χ3n) is 5.69. The van der Waals surface area contributed by atoms with Crippen LogP contribution < -0.4 is 10.6 Å². The molecule has 0 amide bonds. The predicted octanol–water partition coefficient (Wildman–Crippen LogP) is 8.01. The highest BCUT2D eigenvalue weighted by atomic mass is 31.2. The molecule has 0 saturated carbocycles. The van der Waals surface area contributed by atoms with Crippen LogP contribution in [0.15, 0.2) is 70.9 Å². The molecule has 2 atom stereocenters. The van der Waals surface area contributed by atoms with Gasteiger partial charge in [0.2, 0.25) is 0 Å². The van der Waals surface area contributed by atoms with Crippen LogP contribution in [0.4, 0.5) is 22.0 Å². The van der Waals surface area contributed by atoms with Crippen molar-refractivity contribution in [1.29, 1.82) is 0 Å². The van der Waals surface area contributed by atoms with Gasteiger partial charge in [0.15, 0.2) is 0 Å². The fourth-order valence-electron chi connectivity index (χ4n) is 2.79. The average molecular weight is 701 g/mol. The van der Waals surface area contributed by atoms with Crippen LogP contribution in [0.25, 0.3) is 0 Å². The number of likely N-dealkylation sites (N-methyl/N-ethyl adjacent to an activating group) is 2. The van der Waals surface area contributed by atoms with Crippen molar-refractivity contribution in [1.82, 2.24) is 10.6 Å². The van der Waals surface area contributed by atoms with E-state index < -0.39 is 25.1 Å². The number of carbonyl (C=O) groups is 2. The Morgan fingerprint density at radius 1 is 0.766 bits per heavy atom. The van der Waals surface area contributed by atoms with E-state index in [0.717, 1.165) is 19.8 Å². The first-order valence-electron chi connectivity index (χ1n) is 14.6. The van der Waals surface area contributed by atoms with Gasteiger partial charge in [0.1, 0.15) is 11.6 Å². The van der Waals surface area contributed by atoms with Crippen LogP contribution in [0, 0.1) is 0 Å². The molecule has 3 rings (SSSR count). The van der Waals surface area contributed by atoms with Crippen molar-refractivity contribution < 1.29 is 45.9 Å². The van der Waals surface area contributed by atoms with Crippen LogP contribution in [0.5, 0.6) is 0 Å². The molecule has 0 radical (unpaired) electrons. The number of halogens is 5. The molecule has 2 aromatic rings. The summed E-state index contributed by atoms with van der Waals surface area (Å²) >= 11 is 0. The first kappa shape index (κ1) is 50.9. The molecule has 0 saturated heterocycles. The van der Waals surface area contributed by atoms with E-state index in [1.54, 1.807) is 13.8 Å². The predicted molar refractivity (Wildman–Crippen MR) is 179 cm³/mol. The molecule has 272 valence electrons. The maximum absolute atomic E-state index is 11.5. The van der Waals surface area contributed by atoms with Crippen molar-refractivity contribution in [2.75, 3.05) is 14.1 Å². The van der Waals surface area contributed by atoms with Crippen LogP contribution in [0.2, 0.25) is 0 Å². The summed E-state index contributed by atoms with van der Waals surface area (Å²) in [5.74, 6) is 0.373. The molecule has 15 heteroatoms. The number of alkyl halides is 5. The number of carbonyl (C=O) groups excluding carboxylic acids is 2. The number of benzene rings is 2. The monoisotopic (exact) mass is 700 g/mol. The van der Waals surface area contributed by atoms with E-state index in [2.05, 4.69) is 20.9 Å². The Kier molecular flexibility index (Phi) is 27.3. The Morgan fingerprint density at radius 3 is 1.15 bits per heavy atom. The van der Waals surface area contributed by atoms with Gasteiger partial charge in [-0.3, -0.25) is 14.2 Å². The van der Waals surface area contributed by atoms with E-state index in [1.165, 1.54) is 11.1 Å². The van der Waals surface area contributed by atoms with E-state index in [9.17, 15) is 36.1 Å². The van der Waals surface area contributed by atoms with Crippen molar-refractivity contribution in [3.05, 3.63) is 71.8 Å². The first-order valence-corrected chi connectivity index (χ1v) is 16.2. The van der Waals surface area contributed by atoms with Crippen molar-refractivity contribution in [3.8, 4) is 0 Å². The maximum Gasteiger partial charge on any atom is 0.437 e. The summed E-state index contributed by atoms with van der Waals surface area (Å²) in [6.45, 7) is 12.3. The number of rotatable bonds is 9. The zero-order chi connectivity index (χ0) is 36.8. The smallest absolute Gasteiger partial charge is 0.320 e. The highest BCUT2D eigenvalue weighted by Gasteiger charge is 2.59. The maximum atomic E-state index is 11.5. The van der Waals surface area contributed by atoms with Gasteiger partial charge >= 0.3 is 19.4 Å². The van der Waals surface area contributed by atoms with Gasteiger partial charge in [0, 0.05) is 6.92 Å².